The molecule has 0 aliphatic carbocycles. The van der Waals surface area contributed by atoms with Crippen LogP contribution in [0.3, 0.4) is 0 Å². The highest BCUT2D eigenvalue weighted by molar-refractivity contribution is 5.46. The lowest BCUT2D eigenvalue weighted by molar-refractivity contribution is 0.170. The van der Waals surface area contributed by atoms with Gasteiger partial charge in [-0.25, -0.2) is 0 Å². The molecule has 0 aromatic heterocycles. The van der Waals surface area contributed by atoms with Gasteiger partial charge < -0.3 is 19.1 Å². The summed E-state index contributed by atoms with van der Waals surface area (Å²) in [6.07, 6.45) is 0. The van der Waals surface area contributed by atoms with Gasteiger partial charge in [0, 0.05) is 12.6 Å². The summed E-state index contributed by atoms with van der Waals surface area (Å²) in [6, 6.07) is 5.67. The minimum atomic E-state index is 0.605. The zero-order valence-electron chi connectivity index (χ0n) is 9.73. The summed E-state index contributed by atoms with van der Waals surface area (Å²) in [4.78, 5) is 2.08. The second-order valence-electron chi connectivity index (χ2n) is 3.96. The molecule has 0 fully saturated rings. The van der Waals surface area contributed by atoms with Crippen molar-refractivity contribution in [1.82, 2.24) is 4.90 Å². The fraction of sp³-hybridized carbons (Fsp3) is 0.500. The Balaban J connectivity index is 1.95. The van der Waals surface area contributed by atoms with Gasteiger partial charge in [0.2, 0.25) is 0 Å². The highest BCUT2D eigenvalue weighted by atomic mass is 16.6. The van der Waals surface area contributed by atoms with Crippen LogP contribution in [0.1, 0.15) is 0 Å². The van der Waals surface area contributed by atoms with Crippen LogP contribution in [-0.2, 0) is 0 Å². The van der Waals surface area contributed by atoms with Crippen LogP contribution in [0, 0.1) is 0 Å². The molecular formula is C12H17NO3. The van der Waals surface area contributed by atoms with Gasteiger partial charge in [-0.2, -0.15) is 0 Å². The molecular weight excluding hydrogens is 206 g/mol. The predicted octanol–water partition coefficient (Wildman–Crippen LogP) is 1.40. The van der Waals surface area contributed by atoms with Crippen molar-refractivity contribution < 1.29 is 14.2 Å². The van der Waals surface area contributed by atoms with Crippen molar-refractivity contribution in [2.75, 3.05) is 40.5 Å². The number of nitrogens with zero attached hydrogens (tertiary/aromatic N) is 1. The number of benzene rings is 1. The number of hydrogen-bond donors (Lipinski definition) is 0. The molecule has 2 rings (SSSR count). The van der Waals surface area contributed by atoms with Crippen molar-refractivity contribution in [2.45, 2.75) is 0 Å². The van der Waals surface area contributed by atoms with Gasteiger partial charge in [0.25, 0.3) is 0 Å². The van der Waals surface area contributed by atoms with Crippen molar-refractivity contribution in [3.05, 3.63) is 18.2 Å². The summed E-state index contributed by atoms with van der Waals surface area (Å²) >= 11 is 0. The maximum atomic E-state index is 5.61. The molecule has 0 bridgehead atoms. The van der Waals surface area contributed by atoms with Crippen molar-refractivity contribution >= 4 is 0 Å². The highest BCUT2D eigenvalue weighted by Crippen LogP contribution is 2.33. The maximum absolute atomic E-state index is 5.61. The summed E-state index contributed by atoms with van der Waals surface area (Å²) in [5.41, 5.74) is 0. The average Bonchev–Trinajstić information content (AvgIpc) is 2.28. The number of hydrogen-bond acceptors (Lipinski definition) is 4. The van der Waals surface area contributed by atoms with Crippen LogP contribution in [0.4, 0.5) is 0 Å². The van der Waals surface area contributed by atoms with Crippen LogP contribution in [0.15, 0.2) is 18.2 Å². The van der Waals surface area contributed by atoms with E-state index in [0.717, 1.165) is 23.8 Å². The van der Waals surface area contributed by atoms with Gasteiger partial charge in [0.15, 0.2) is 11.5 Å². The summed E-state index contributed by atoms with van der Waals surface area (Å²) in [6.45, 7) is 2.79. The molecule has 88 valence electrons. The molecule has 0 atom stereocenters. The Kier molecular flexibility index (Phi) is 3.51. The summed E-state index contributed by atoms with van der Waals surface area (Å²) in [5, 5.41) is 0. The van der Waals surface area contributed by atoms with E-state index in [1.807, 2.05) is 32.3 Å². The Morgan fingerprint density at radius 1 is 1.19 bits per heavy atom. The normalized spacial score (nSPS) is 13.9. The molecule has 0 N–H and O–H groups in total. The molecule has 16 heavy (non-hydrogen) atoms. The molecule has 1 aromatic rings. The van der Waals surface area contributed by atoms with Crippen LogP contribution in [0.5, 0.6) is 17.2 Å². The zero-order chi connectivity index (χ0) is 11.4. The lowest BCUT2D eigenvalue weighted by atomic mass is 10.3. The molecule has 0 amide bonds. The SMILES string of the molecule is CN(C)CCOc1ccc2c(c1)OCCO2. The Bertz CT molecular complexity index is 352. The lowest BCUT2D eigenvalue weighted by Gasteiger charge is -2.19. The Hall–Kier alpha value is -1.42. The third-order valence-corrected chi connectivity index (χ3v) is 2.32. The smallest absolute Gasteiger partial charge is 0.165 e. The van der Waals surface area contributed by atoms with E-state index in [1.165, 1.54) is 0 Å². The van der Waals surface area contributed by atoms with Gasteiger partial charge in [-0.3, -0.25) is 0 Å². The number of ether oxygens (including phenoxy) is 3. The Labute approximate surface area is 95.7 Å². The average molecular weight is 223 g/mol. The second kappa shape index (κ2) is 5.07. The van der Waals surface area contributed by atoms with Gasteiger partial charge in [-0.05, 0) is 26.2 Å². The van der Waals surface area contributed by atoms with E-state index >= 15 is 0 Å². The first-order chi connectivity index (χ1) is 7.75. The first-order valence-electron chi connectivity index (χ1n) is 5.43. The fourth-order valence-electron chi connectivity index (χ4n) is 1.46. The molecule has 1 heterocycles. The van der Waals surface area contributed by atoms with E-state index in [4.69, 9.17) is 14.2 Å². The number of rotatable bonds is 4. The van der Waals surface area contributed by atoms with Crippen LogP contribution in [-0.4, -0.2) is 45.4 Å². The molecule has 1 aliphatic heterocycles. The molecule has 1 aliphatic rings. The van der Waals surface area contributed by atoms with E-state index in [1.54, 1.807) is 0 Å². The highest BCUT2D eigenvalue weighted by Gasteiger charge is 2.11. The van der Waals surface area contributed by atoms with E-state index in [0.29, 0.717) is 19.8 Å². The topological polar surface area (TPSA) is 30.9 Å². The van der Waals surface area contributed by atoms with Gasteiger partial charge in [0.05, 0.1) is 0 Å². The minimum Gasteiger partial charge on any atom is -0.492 e. The van der Waals surface area contributed by atoms with Crippen LogP contribution in [0.2, 0.25) is 0 Å². The van der Waals surface area contributed by atoms with E-state index in [9.17, 15) is 0 Å². The summed E-state index contributed by atoms with van der Waals surface area (Å²) < 4.78 is 16.5. The minimum absolute atomic E-state index is 0.605. The molecule has 0 spiro atoms. The molecule has 0 saturated carbocycles. The quantitative estimate of drug-likeness (QED) is 0.772. The third kappa shape index (κ3) is 2.79. The van der Waals surface area contributed by atoms with Crippen LogP contribution < -0.4 is 14.2 Å². The largest absolute Gasteiger partial charge is 0.492 e. The van der Waals surface area contributed by atoms with Crippen molar-refractivity contribution in [2.24, 2.45) is 0 Å². The fourth-order valence-corrected chi connectivity index (χ4v) is 1.46. The second-order valence-corrected chi connectivity index (χ2v) is 3.96. The lowest BCUT2D eigenvalue weighted by Crippen LogP contribution is -2.19. The van der Waals surface area contributed by atoms with Crippen LogP contribution in [0.25, 0.3) is 0 Å². The standard InChI is InChI=1S/C12H17NO3/c1-13(2)5-6-14-10-3-4-11-12(9-10)16-8-7-15-11/h3-4,9H,5-8H2,1-2H3. The first kappa shape index (κ1) is 11.1. The Morgan fingerprint density at radius 2 is 1.94 bits per heavy atom. The molecule has 0 saturated heterocycles. The maximum Gasteiger partial charge on any atom is 0.165 e. The molecule has 4 heteroatoms. The third-order valence-electron chi connectivity index (χ3n) is 2.32. The first-order valence-corrected chi connectivity index (χ1v) is 5.43. The number of likely N-dealkylation sites (N-methyl/N-ethyl adjacent to an activating group) is 1. The predicted molar refractivity (Wildman–Crippen MR) is 61.5 cm³/mol. The van der Waals surface area contributed by atoms with E-state index in [-0.39, 0.29) is 0 Å². The van der Waals surface area contributed by atoms with E-state index in [2.05, 4.69) is 4.90 Å². The summed E-state index contributed by atoms with van der Waals surface area (Å²) in [7, 11) is 4.04. The molecule has 4 nitrogen and oxygen atoms in total. The molecule has 0 radical (unpaired) electrons. The molecule has 1 aromatic carbocycles. The zero-order valence-corrected chi connectivity index (χ0v) is 9.73. The van der Waals surface area contributed by atoms with Gasteiger partial charge in [-0.15, -0.1) is 0 Å². The van der Waals surface area contributed by atoms with Gasteiger partial charge in [-0.1, -0.05) is 0 Å². The summed E-state index contributed by atoms with van der Waals surface area (Å²) in [5.74, 6) is 2.39. The van der Waals surface area contributed by atoms with Crippen LogP contribution >= 0.6 is 0 Å². The van der Waals surface area contributed by atoms with Gasteiger partial charge >= 0.3 is 0 Å². The molecule has 0 unspecified atom stereocenters. The number of fused-ring (bicyclic) bond motifs is 1. The van der Waals surface area contributed by atoms with Crippen molar-refractivity contribution in [3.8, 4) is 17.2 Å². The monoisotopic (exact) mass is 223 g/mol. The van der Waals surface area contributed by atoms with Crippen molar-refractivity contribution in [1.29, 1.82) is 0 Å². The van der Waals surface area contributed by atoms with Crippen molar-refractivity contribution in [3.63, 3.8) is 0 Å². The van der Waals surface area contributed by atoms with Gasteiger partial charge in [0.1, 0.15) is 25.6 Å². The Morgan fingerprint density at radius 3 is 2.69 bits per heavy atom. The van der Waals surface area contributed by atoms with E-state index < -0.39 is 0 Å².